The first kappa shape index (κ1) is 7.93. The molecule has 0 amide bonds. The van der Waals surface area contributed by atoms with Gasteiger partial charge >= 0.3 is 5.95 Å². The number of rotatable bonds is 2. The molecule has 0 aliphatic carbocycles. The van der Waals surface area contributed by atoms with Crippen LogP contribution in [0.3, 0.4) is 0 Å². The number of imidazole rings is 1. The molecule has 1 aromatic heterocycles. The van der Waals surface area contributed by atoms with Crippen molar-refractivity contribution in [3.63, 3.8) is 0 Å². The lowest BCUT2D eigenvalue weighted by molar-refractivity contribution is -0.395. The summed E-state index contributed by atoms with van der Waals surface area (Å²) in [5.74, 6) is -0.244. The summed E-state index contributed by atoms with van der Waals surface area (Å²) in [5.41, 5.74) is 0. The molecule has 6 heteroatoms. The van der Waals surface area contributed by atoms with Crippen molar-refractivity contribution in [3.8, 4) is 0 Å². The van der Waals surface area contributed by atoms with E-state index in [0.29, 0.717) is 4.61 Å². The zero-order valence-corrected chi connectivity index (χ0v) is 6.98. The number of halogens is 1. The lowest BCUT2D eigenvalue weighted by atomic mass is 10.8. The minimum atomic E-state index is -0.577. The molecule has 58 valence electrons. The van der Waals surface area contributed by atoms with Gasteiger partial charge < -0.3 is 10.1 Å². The van der Waals surface area contributed by atoms with Gasteiger partial charge in [-0.05, 0) is 20.9 Å². The summed E-state index contributed by atoms with van der Waals surface area (Å²) in [4.78, 5) is 13.2. The van der Waals surface area contributed by atoms with Gasteiger partial charge in [-0.3, -0.25) is 0 Å². The van der Waals surface area contributed by atoms with Crippen LogP contribution in [0.1, 0.15) is 0 Å². The van der Waals surface area contributed by atoms with Crippen molar-refractivity contribution < 1.29 is 4.92 Å². The molecule has 1 heterocycles. The topological polar surface area (TPSA) is 61.0 Å². The normalized spacial score (nSPS) is 9.55. The quantitative estimate of drug-likeness (QED) is 0.559. The molecule has 0 fully saturated rings. The fourth-order valence-electron chi connectivity index (χ4n) is 0.620. The van der Waals surface area contributed by atoms with Gasteiger partial charge in [0.15, 0.2) is 0 Å². The Kier molecular flexibility index (Phi) is 2.04. The first-order chi connectivity index (χ1) is 5.13. The highest BCUT2D eigenvalue weighted by Gasteiger charge is 2.14. The highest BCUT2D eigenvalue weighted by Crippen LogP contribution is 2.17. The highest BCUT2D eigenvalue weighted by atomic mass is 79.9. The van der Waals surface area contributed by atoms with Crippen molar-refractivity contribution in [2.75, 3.05) is 0 Å². The molecule has 5 nitrogen and oxygen atoms in total. The molecule has 1 rings (SSSR count). The average Bonchev–Trinajstić information content (AvgIpc) is 2.32. The fraction of sp³-hybridized carbons (Fsp3) is 0. The summed E-state index contributed by atoms with van der Waals surface area (Å²) < 4.78 is 1.63. The molecule has 0 N–H and O–H groups in total. The SMILES string of the molecule is C=C(Br)n1ccnc1[N+](=O)[O-]. The number of nitrogens with zero attached hydrogens (tertiary/aromatic N) is 3. The third-order valence-corrected chi connectivity index (χ3v) is 1.43. The van der Waals surface area contributed by atoms with Crippen LogP contribution in [0.25, 0.3) is 4.61 Å². The minimum Gasteiger partial charge on any atom is -0.390 e. The number of hydrogen-bond donors (Lipinski definition) is 0. The zero-order valence-electron chi connectivity index (χ0n) is 5.40. The van der Waals surface area contributed by atoms with Crippen LogP contribution in [0.2, 0.25) is 0 Å². The number of aromatic nitrogens is 2. The zero-order chi connectivity index (χ0) is 8.43. The summed E-state index contributed by atoms with van der Waals surface area (Å²) in [6, 6.07) is 0. The molecule has 0 bridgehead atoms. The van der Waals surface area contributed by atoms with E-state index in [1.54, 1.807) is 0 Å². The molecule has 0 saturated carbocycles. The fourth-order valence-corrected chi connectivity index (χ4v) is 0.897. The predicted molar refractivity (Wildman–Crippen MR) is 43.1 cm³/mol. The van der Waals surface area contributed by atoms with Crippen LogP contribution in [-0.4, -0.2) is 14.5 Å². The lowest BCUT2D eigenvalue weighted by Crippen LogP contribution is -1.97. The van der Waals surface area contributed by atoms with Crippen LogP contribution < -0.4 is 0 Å². The van der Waals surface area contributed by atoms with Gasteiger partial charge in [0.1, 0.15) is 17.0 Å². The first-order valence-electron chi connectivity index (χ1n) is 2.65. The van der Waals surface area contributed by atoms with E-state index in [2.05, 4.69) is 27.5 Å². The number of hydrogen-bond acceptors (Lipinski definition) is 3. The van der Waals surface area contributed by atoms with Crippen molar-refractivity contribution in [1.29, 1.82) is 0 Å². The monoisotopic (exact) mass is 217 g/mol. The highest BCUT2D eigenvalue weighted by molar-refractivity contribution is 9.14. The summed E-state index contributed by atoms with van der Waals surface area (Å²) in [6.07, 6.45) is 2.79. The Balaban J connectivity index is 3.16. The van der Waals surface area contributed by atoms with Crippen LogP contribution in [-0.2, 0) is 0 Å². The summed E-state index contributed by atoms with van der Waals surface area (Å²) in [5, 5.41) is 10.2. The maximum Gasteiger partial charge on any atom is 0.439 e. The van der Waals surface area contributed by atoms with Gasteiger partial charge in [-0.15, -0.1) is 0 Å². The van der Waals surface area contributed by atoms with Gasteiger partial charge in [0.25, 0.3) is 0 Å². The Bertz CT molecular complexity index is 278. The van der Waals surface area contributed by atoms with Crippen molar-refractivity contribution in [3.05, 3.63) is 29.1 Å². The lowest BCUT2D eigenvalue weighted by Gasteiger charge is -1.95. The molecule has 0 aliphatic rings. The van der Waals surface area contributed by atoms with Gasteiger partial charge in [0.05, 0.1) is 0 Å². The van der Waals surface area contributed by atoms with Crippen LogP contribution in [0.15, 0.2) is 19.0 Å². The third-order valence-electron chi connectivity index (χ3n) is 1.05. The van der Waals surface area contributed by atoms with Crippen molar-refractivity contribution in [2.24, 2.45) is 0 Å². The van der Waals surface area contributed by atoms with E-state index in [0.717, 1.165) is 0 Å². The maximum absolute atomic E-state index is 10.2. The standard InChI is InChI=1S/C5H4BrN3O2/c1-4(6)8-3-2-7-5(8)9(10)11/h2-3H,1H2. The molecular weight excluding hydrogens is 214 g/mol. The van der Waals surface area contributed by atoms with E-state index in [1.165, 1.54) is 17.0 Å². The van der Waals surface area contributed by atoms with Crippen molar-refractivity contribution in [2.45, 2.75) is 0 Å². The van der Waals surface area contributed by atoms with Crippen LogP contribution >= 0.6 is 15.9 Å². The largest absolute Gasteiger partial charge is 0.439 e. The number of nitro groups is 1. The third kappa shape index (κ3) is 1.45. The van der Waals surface area contributed by atoms with E-state index in [4.69, 9.17) is 0 Å². The van der Waals surface area contributed by atoms with Gasteiger partial charge in [0.2, 0.25) is 0 Å². The van der Waals surface area contributed by atoms with E-state index in [9.17, 15) is 10.1 Å². The summed E-state index contributed by atoms with van der Waals surface area (Å²) in [6.45, 7) is 3.48. The summed E-state index contributed by atoms with van der Waals surface area (Å²) >= 11 is 3.00. The van der Waals surface area contributed by atoms with Gasteiger partial charge in [-0.25, -0.2) is 0 Å². The van der Waals surface area contributed by atoms with E-state index in [-0.39, 0.29) is 5.95 Å². The van der Waals surface area contributed by atoms with Crippen LogP contribution in [0, 0.1) is 10.1 Å². The van der Waals surface area contributed by atoms with Gasteiger partial charge in [-0.1, -0.05) is 11.6 Å². The smallest absolute Gasteiger partial charge is 0.390 e. The Morgan fingerprint density at radius 2 is 2.55 bits per heavy atom. The molecule has 0 atom stereocenters. The van der Waals surface area contributed by atoms with Crippen LogP contribution in [0.5, 0.6) is 0 Å². The molecule has 0 spiro atoms. The molecule has 11 heavy (non-hydrogen) atoms. The second-order valence-electron chi connectivity index (χ2n) is 1.73. The average molecular weight is 218 g/mol. The first-order valence-corrected chi connectivity index (χ1v) is 3.44. The van der Waals surface area contributed by atoms with E-state index < -0.39 is 4.92 Å². The molecule has 1 aromatic rings. The second kappa shape index (κ2) is 2.83. The molecule has 0 unspecified atom stereocenters. The second-order valence-corrected chi connectivity index (χ2v) is 2.65. The molecular formula is C5H4BrN3O2. The maximum atomic E-state index is 10.2. The van der Waals surface area contributed by atoms with E-state index >= 15 is 0 Å². The minimum absolute atomic E-state index is 0.244. The Hall–Kier alpha value is -1.17. The van der Waals surface area contributed by atoms with E-state index in [1.807, 2.05) is 0 Å². The van der Waals surface area contributed by atoms with Crippen molar-refractivity contribution in [1.82, 2.24) is 9.55 Å². The van der Waals surface area contributed by atoms with Crippen molar-refractivity contribution >= 4 is 26.5 Å². The Morgan fingerprint density at radius 3 is 2.91 bits per heavy atom. The van der Waals surface area contributed by atoms with Gasteiger partial charge in [-0.2, -0.15) is 4.57 Å². The van der Waals surface area contributed by atoms with Crippen LogP contribution in [0.4, 0.5) is 5.95 Å². The predicted octanol–water partition coefficient (Wildman–Crippen LogP) is 1.61. The Morgan fingerprint density at radius 1 is 1.91 bits per heavy atom. The van der Waals surface area contributed by atoms with Gasteiger partial charge in [0, 0.05) is 0 Å². The Labute approximate surface area is 70.6 Å². The molecule has 0 aliphatic heterocycles. The summed E-state index contributed by atoms with van der Waals surface area (Å²) in [7, 11) is 0. The molecule has 0 aromatic carbocycles. The molecule has 0 radical (unpaired) electrons. The molecule has 0 saturated heterocycles.